The molecule has 2 rings (SSSR count). The number of nitrogens with one attached hydrogen (secondary N) is 1. The molecule has 1 amide bonds. The lowest BCUT2D eigenvalue weighted by Gasteiger charge is -2.14. The van der Waals surface area contributed by atoms with Gasteiger partial charge < -0.3 is 14.8 Å². The summed E-state index contributed by atoms with van der Waals surface area (Å²) in [7, 11) is 1.50. The first kappa shape index (κ1) is 20.5. The van der Waals surface area contributed by atoms with Gasteiger partial charge in [0, 0.05) is 16.1 Å². The van der Waals surface area contributed by atoms with Crippen molar-refractivity contribution in [2.24, 2.45) is 0 Å². The van der Waals surface area contributed by atoms with Gasteiger partial charge in [0.25, 0.3) is 11.7 Å². The van der Waals surface area contributed by atoms with Crippen molar-refractivity contribution in [3.8, 4) is 11.5 Å². The number of halogens is 3. The number of benzene rings is 2. The Morgan fingerprint density at radius 3 is 2.54 bits per heavy atom. The topological polar surface area (TPSA) is 47.6 Å². The van der Waals surface area contributed by atoms with Crippen molar-refractivity contribution in [2.75, 3.05) is 19.0 Å². The molecule has 0 saturated carbocycles. The molecule has 4 nitrogen and oxygen atoms in total. The lowest BCUT2D eigenvalue weighted by atomic mass is 10.1. The summed E-state index contributed by atoms with van der Waals surface area (Å²) in [4.78, 5) is 12.9. The summed E-state index contributed by atoms with van der Waals surface area (Å²) in [6.07, 6.45) is 0.845. The van der Waals surface area contributed by atoms with Crippen molar-refractivity contribution in [3.05, 3.63) is 46.4 Å². The molecule has 0 heterocycles. The first-order chi connectivity index (χ1) is 12.4. The number of hydrogen-bond acceptors (Lipinski definition) is 4. The van der Waals surface area contributed by atoms with Gasteiger partial charge in [0.2, 0.25) is 0 Å². The molecule has 0 spiro atoms. The molecule has 0 aliphatic carbocycles. The summed E-state index contributed by atoms with van der Waals surface area (Å²) in [5.41, 5.74) is 0.888. The maximum atomic E-state index is 12.5. The molecule has 0 radical (unpaired) electrons. The Hall–Kier alpha value is -1.80. The zero-order valence-electron chi connectivity index (χ0n) is 14.2. The molecule has 0 aliphatic heterocycles. The predicted octanol–water partition coefficient (Wildman–Crippen LogP) is 5.81. The van der Waals surface area contributed by atoms with E-state index < -0.39 is 5.76 Å². The van der Waals surface area contributed by atoms with Crippen LogP contribution in [0.5, 0.6) is 11.5 Å². The van der Waals surface area contributed by atoms with Gasteiger partial charge in [0.15, 0.2) is 11.5 Å². The van der Waals surface area contributed by atoms with Crippen LogP contribution in [0.3, 0.4) is 0 Å². The van der Waals surface area contributed by atoms with Crippen LogP contribution in [-0.2, 0) is 0 Å². The summed E-state index contributed by atoms with van der Waals surface area (Å²) in [6.45, 7) is 2.52. The molecular formula is C18H18BrF2NO3S. The van der Waals surface area contributed by atoms with Gasteiger partial charge in [0.1, 0.15) is 0 Å². The maximum absolute atomic E-state index is 12.5. The summed E-state index contributed by atoms with van der Waals surface area (Å²) in [5.74, 6) is -1.84. The Morgan fingerprint density at radius 1 is 1.27 bits per heavy atom. The number of ether oxygens (including phenoxy) is 2. The highest BCUT2D eigenvalue weighted by molar-refractivity contribution is 9.10. The van der Waals surface area contributed by atoms with Crippen LogP contribution in [0.2, 0.25) is 0 Å². The molecule has 26 heavy (non-hydrogen) atoms. The van der Waals surface area contributed by atoms with E-state index in [2.05, 4.69) is 21.2 Å². The molecule has 140 valence electrons. The van der Waals surface area contributed by atoms with E-state index in [4.69, 9.17) is 9.47 Å². The Morgan fingerprint density at radius 2 is 1.96 bits per heavy atom. The zero-order valence-corrected chi connectivity index (χ0v) is 16.6. The molecule has 0 aliphatic rings. The number of rotatable bonds is 8. The van der Waals surface area contributed by atoms with Crippen molar-refractivity contribution < 1.29 is 23.0 Å². The smallest absolute Gasteiger partial charge is 0.288 e. The van der Waals surface area contributed by atoms with Gasteiger partial charge in [0.05, 0.1) is 18.2 Å². The number of carbonyl (C=O) groups is 1. The SMILES string of the molecule is CCCOc1c(Br)cc(C(=O)Nc2ccc(SC(F)F)cc2)cc1OC. The fourth-order valence-electron chi connectivity index (χ4n) is 2.12. The van der Waals surface area contributed by atoms with E-state index in [-0.39, 0.29) is 5.91 Å². The van der Waals surface area contributed by atoms with Crippen molar-refractivity contribution in [1.82, 2.24) is 0 Å². The first-order valence-electron chi connectivity index (χ1n) is 7.81. The number of thioether (sulfide) groups is 1. The number of anilines is 1. The molecule has 2 aromatic carbocycles. The number of amides is 1. The van der Waals surface area contributed by atoms with E-state index in [9.17, 15) is 13.6 Å². The fourth-order valence-corrected chi connectivity index (χ4v) is 3.17. The molecule has 0 bridgehead atoms. The molecule has 0 aromatic heterocycles. The number of hydrogen-bond donors (Lipinski definition) is 1. The van der Waals surface area contributed by atoms with Crippen molar-refractivity contribution in [3.63, 3.8) is 0 Å². The minimum absolute atomic E-state index is 0.347. The average molecular weight is 446 g/mol. The summed E-state index contributed by atoms with van der Waals surface area (Å²) in [5, 5.41) is 2.73. The zero-order chi connectivity index (χ0) is 19.1. The van der Waals surface area contributed by atoms with E-state index in [0.29, 0.717) is 50.5 Å². The lowest BCUT2D eigenvalue weighted by Crippen LogP contribution is -2.12. The quantitative estimate of drug-likeness (QED) is 0.520. The number of alkyl halides is 2. The van der Waals surface area contributed by atoms with E-state index in [1.807, 2.05) is 6.92 Å². The largest absolute Gasteiger partial charge is 0.493 e. The van der Waals surface area contributed by atoms with Crippen molar-refractivity contribution >= 4 is 39.3 Å². The van der Waals surface area contributed by atoms with Gasteiger partial charge in [-0.05, 0) is 58.7 Å². The molecule has 8 heteroatoms. The Balaban J connectivity index is 2.15. The first-order valence-corrected chi connectivity index (χ1v) is 9.48. The number of methoxy groups -OCH3 is 1. The Bertz CT molecular complexity index is 757. The van der Waals surface area contributed by atoms with Gasteiger partial charge >= 0.3 is 0 Å². The normalized spacial score (nSPS) is 10.7. The summed E-state index contributed by atoms with van der Waals surface area (Å²) in [6, 6.07) is 9.45. The Kier molecular flexibility index (Phi) is 7.71. The summed E-state index contributed by atoms with van der Waals surface area (Å²) >= 11 is 3.85. The third kappa shape index (κ3) is 5.60. The van der Waals surface area contributed by atoms with Crippen LogP contribution < -0.4 is 14.8 Å². The van der Waals surface area contributed by atoms with Gasteiger partial charge in [-0.2, -0.15) is 8.78 Å². The van der Waals surface area contributed by atoms with Gasteiger partial charge in [-0.1, -0.05) is 18.7 Å². The highest BCUT2D eigenvalue weighted by atomic mass is 79.9. The minimum Gasteiger partial charge on any atom is -0.493 e. The molecule has 1 N–H and O–H groups in total. The van der Waals surface area contributed by atoms with Crippen LogP contribution in [0, 0.1) is 0 Å². The van der Waals surface area contributed by atoms with Crippen LogP contribution in [0.15, 0.2) is 45.8 Å². The second-order valence-electron chi connectivity index (χ2n) is 5.19. The summed E-state index contributed by atoms with van der Waals surface area (Å²) < 4.78 is 36.2. The van der Waals surface area contributed by atoms with E-state index >= 15 is 0 Å². The van der Waals surface area contributed by atoms with Crippen molar-refractivity contribution in [2.45, 2.75) is 24.0 Å². The van der Waals surface area contributed by atoms with Crippen molar-refractivity contribution in [1.29, 1.82) is 0 Å². The molecule has 0 fully saturated rings. The Labute approximate surface area is 163 Å². The minimum atomic E-state index is -2.48. The molecule has 0 saturated heterocycles. The standard InChI is InChI=1S/C18H18BrF2NO3S/c1-3-8-25-16-14(19)9-11(10-15(16)24-2)17(23)22-12-4-6-13(7-5-12)26-18(20)21/h4-7,9-10,18H,3,8H2,1-2H3,(H,22,23). The third-order valence-corrected chi connectivity index (χ3v) is 4.59. The fraction of sp³-hybridized carbons (Fsp3) is 0.278. The van der Waals surface area contributed by atoms with Crippen LogP contribution in [0.25, 0.3) is 0 Å². The van der Waals surface area contributed by atoms with Crippen LogP contribution >= 0.6 is 27.7 Å². The molecule has 0 unspecified atom stereocenters. The van der Waals surface area contributed by atoms with E-state index in [1.165, 1.54) is 19.2 Å². The highest BCUT2D eigenvalue weighted by Gasteiger charge is 2.16. The molecule has 2 aromatic rings. The van der Waals surface area contributed by atoms with E-state index in [0.717, 1.165) is 6.42 Å². The monoisotopic (exact) mass is 445 g/mol. The van der Waals surface area contributed by atoms with Gasteiger partial charge in [-0.25, -0.2) is 0 Å². The number of carbonyl (C=O) groups excluding carboxylic acids is 1. The molecular weight excluding hydrogens is 428 g/mol. The average Bonchev–Trinajstić information content (AvgIpc) is 2.61. The van der Waals surface area contributed by atoms with E-state index in [1.54, 1.807) is 24.3 Å². The lowest BCUT2D eigenvalue weighted by molar-refractivity contribution is 0.102. The third-order valence-electron chi connectivity index (χ3n) is 3.28. The van der Waals surface area contributed by atoms with Gasteiger partial charge in [-0.15, -0.1) is 0 Å². The van der Waals surface area contributed by atoms with Crippen LogP contribution in [-0.4, -0.2) is 25.4 Å². The predicted molar refractivity (Wildman–Crippen MR) is 103 cm³/mol. The maximum Gasteiger partial charge on any atom is 0.288 e. The van der Waals surface area contributed by atoms with Crippen LogP contribution in [0.4, 0.5) is 14.5 Å². The highest BCUT2D eigenvalue weighted by Crippen LogP contribution is 2.37. The van der Waals surface area contributed by atoms with Gasteiger partial charge in [-0.3, -0.25) is 4.79 Å². The molecule has 0 atom stereocenters. The van der Waals surface area contributed by atoms with Crippen LogP contribution in [0.1, 0.15) is 23.7 Å². The second kappa shape index (κ2) is 9.78. The second-order valence-corrected chi connectivity index (χ2v) is 7.11.